The fraction of sp³-hybridized carbons (Fsp3) is 0.294. The molecule has 130 valence electrons. The Labute approximate surface area is 146 Å². The molecule has 0 radical (unpaired) electrons. The zero-order chi connectivity index (χ0) is 17.6. The van der Waals surface area contributed by atoms with E-state index in [4.69, 9.17) is 11.6 Å². The zero-order valence-corrected chi connectivity index (χ0v) is 13.7. The van der Waals surface area contributed by atoms with Gasteiger partial charge in [0.1, 0.15) is 22.5 Å². The molecule has 0 saturated heterocycles. The molecule has 25 heavy (non-hydrogen) atoms. The monoisotopic (exact) mass is 367 g/mol. The van der Waals surface area contributed by atoms with Crippen LogP contribution < -0.4 is 4.74 Å². The van der Waals surface area contributed by atoms with E-state index >= 15 is 0 Å². The van der Waals surface area contributed by atoms with Crippen LogP contribution in [-0.2, 0) is 0 Å². The second-order valence-corrected chi connectivity index (χ2v) is 6.35. The van der Waals surface area contributed by atoms with Gasteiger partial charge in [0.25, 0.3) is 0 Å². The Bertz CT molecular complexity index is 917. The Kier molecular flexibility index (Phi) is 3.83. The van der Waals surface area contributed by atoms with Crippen molar-refractivity contribution in [3.63, 3.8) is 0 Å². The lowest BCUT2D eigenvalue weighted by Crippen LogP contribution is -2.18. The van der Waals surface area contributed by atoms with Crippen molar-refractivity contribution >= 4 is 22.6 Å². The Hall–Kier alpha value is -2.28. The van der Waals surface area contributed by atoms with E-state index < -0.39 is 6.36 Å². The number of halogens is 4. The molecule has 4 rings (SSSR count). The summed E-state index contributed by atoms with van der Waals surface area (Å²) in [4.78, 5) is 4.38. The molecule has 1 saturated carbocycles. The van der Waals surface area contributed by atoms with Gasteiger partial charge in [-0.15, -0.1) is 13.2 Å². The minimum atomic E-state index is -4.71. The van der Waals surface area contributed by atoms with Crippen LogP contribution in [0.1, 0.15) is 25.3 Å². The van der Waals surface area contributed by atoms with Crippen LogP contribution in [-0.4, -0.2) is 21.1 Å². The summed E-state index contributed by atoms with van der Waals surface area (Å²) >= 11 is 6.34. The summed E-state index contributed by atoms with van der Waals surface area (Å²) in [7, 11) is 0. The van der Waals surface area contributed by atoms with E-state index in [-0.39, 0.29) is 11.8 Å². The normalized spacial score (nSPS) is 15.4. The number of ether oxygens (including phenoxy) is 1. The fourth-order valence-electron chi connectivity index (χ4n) is 2.93. The molecule has 2 aromatic heterocycles. The Morgan fingerprint density at radius 1 is 1.12 bits per heavy atom. The van der Waals surface area contributed by atoms with Gasteiger partial charge in [-0.2, -0.15) is 5.10 Å². The van der Waals surface area contributed by atoms with Crippen molar-refractivity contribution < 1.29 is 17.9 Å². The minimum absolute atomic E-state index is 0.273. The molecule has 1 fully saturated rings. The predicted molar refractivity (Wildman–Crippen MR) is 87.5 cm³/mol. The van der Waals surface area contributed by atoms with Gasteiger partial charge >= 0.3 is 6.36 Å². The first-order chi connectivity index (χ1) is 11.9. The number of fused-ring (bicyclic) bond motifs is 1. The molecule has 0 N–H and O–H groups in total. The number of pyridine rings is 1. The van der Waals surface area contributed by atoms with Gasteiger partial charge < -0.3 is 4.74 Å². The summed E-state index contributed by atoms with van der Waals surface area (Å²) in [6, 6.07) is 7.60. The molecule has 0 unspecified atom stereocenters. The van der Waals surface area contributed by atoms with E-state index in [2.05, 4.69) is 14.8 Å². The lowest BCUT2D eigenvalue weighted by molar-refractivity contribution is -0.274. The van der Waals surface area contributed by atoms with Crippen LogP contribution in [0.4, 0.5) is 13.2 Å². The number of rotatable bonds is 3. The van der Waals surface area contributed by atoms with Crippen molar-refractivity contribution in [3.8, 4) is 17.0 Å². The standard InChI is InChI=1S/C17H13ClF3N3O/c18-13-8-9-22-15-14(23-24(16(13)15)11-2-1-3-11)10-4-6-12(7-5-10)25-17(19,20)21/h4-9,11H,1-3H2. The number of nitrogens with zero attached hydrogens (tertiary/aromatic N) is 3. The highest BCUT2D eigenvalue weighted by Crippen LogP contribution is 2.38. The quantitative estimate of drug-likeness (QED) is 0.624. The molecule has 8 heteroatoms. The molecule has 0 bridgehead atoms. The average Bonchev–Trinajstić information content (AvgIpc) is 2.85. The second-order valence-electron chi connectivity index (χ2n) is 5.94. The van der Waals surface area contributed by atoms with Crippen molar-refractivity contribution in [3.05, 3.63) is 41.6 Å². The Morgan fingerprint density at radius 2 is 1.84 bits per heavy atom. The smallest absolute Gasteiger partial charge is 0.406 e. The third kappa shape index (κ3) is 3.04. The first kappa shape index (κ1) is 16.2. The molecule has 1 aliphatic rings. The van der Waals surface area contributed by atoms with E-state index in [0.717, 1.165) is 24.8 Å². The highest BCUT2D eigenvalue weighted by atomic mass is 35.5. The second kappa shape index (κ2) is 5.91. The Balaban J connectivity index is 1.77. The van der Waals surface area contributed by atoms with Crippen molar-refractivity contribution in [1.29, 1.82) is 0 Å². The largest absolute Gasteiger partial charge is 0.573 e. The fourth-order valence-corrected chi connectivity index (χ4v) is 3.16. The lowest BCUT2D eigenvalue weighted by atomic mass is 9.93. The molecular weight excluding hydrogens is 355 g/mol. The summed E-state index contributed by atoms with van der Waals surface area (Å²) in [5.41, 5.74) is 2.67. The molecule has 0 spiro atoms. The van der Waals surface area contributed by atoms with Gasteiger partial charge in [-0.1, -0.05) is 11.6 Å². The highest BCUT2D eigenvalue weighted by molar-refractivity contribution is 6.35. The molecule has 4 nitrogen and oxygen atoms in total. The van der Waals surface area contributed by atoms with E-state index in [9.17, 15) is 13.2 Å². The van der Waals surface area contributed by atoms with Crippen molar-refractivity contribution in [2.24, 2.45) is 0 Å². The molecule has 2 heterocycles. The first-order valence-electron chi connectivity index (χ1n) is 7.81. The van der Waals surface area contributed by atoms with Crippen LogP contribution >= 0.6 is 11.6 Å². The third-order valence-electron chi connectivity index (χ3n) is 4.32. The van der Waals surface area contributed by atoms with Gasteiger partial charge in [-0.3, -0.25) is 9.67 Å². The van der Waals surface area contributed by atoms with Crippen LogP contribution in [0.25, 0.3) is 22.3 Å². The molecule has 0 atom stereocenters. The molecule has 1 aromatic carbocycles. The predicted octanol–water partition coefficient (Wildman–Crippen LogP) is 5.38. The van der Waals surface area contributed by atoms with Gasteiger partial charge in [0.2, 0.25) is 0 Å². The third-order valence-corrected chi connectivity index (χ3v) is 4.62. The molecule has 1 aliphatic carbocycles. The SMILES string of the molecule is FC(F)(F)Oc1ccc(-c2nn(C3CCC3)c3c(Cl)ccnc23)cc1. The summed E-state index contributed by atoms with van der Waals surface area (Å²) in [6.45, 7) is 0. The molecule has 0 aliphatic heterocycles. The average molecular weight is 368 g/mol. The van der Waals surface area contributed by atoms with Gasteiger partial charge in [0.15, 0.2) is 0 Å². The maximum atomic E-state index is 12.3. The maximum absolute atomic E-state index is 12.3. The van der Waals surface area contributed by atoms with Crippen LogP contribution in [0.5, 0.6) is 5.75 Å². The summed E-state index contributed by atoms with van der Waals surface area (Å²) in [5, 5.41) is 5.22. The number of benzene rings is 1. The Morgan fingerprint density at radius 3 is 2.44 bits per heavy atom. The molecular formula is C17H13ClF3N3O. The highest BCUT2D eigenvalue weighted by Gasteiger charge is 2.31. The number of aromatic nitrogens is 3. The van der Waals surface area contributed by atoms with Crippen LogP contribution in [0.3, 0.4) is 0 Å². The van der Waals surface area contributed by atoms with Crippen molar-refractivity contribution in [1.82, 2.24) is 14.8 Å². The van der Waals surface area contributed by atoms with E-state index in [1.54, 1.807) is 12.3 Å². The van der Waals surface area contributed by atoms with Gasteiger partial charge in [0.05, 0.1) is 11.1 Å². The lowest BCUT2D eigenvalue weighted by Gasteiger charge is -2.26. The van der Waals surface area contributed by atoms with Gasteiger partial charge in [0, 0.05) is 11.8 Å². The van der Waals surface area contributed by atoms with E-state index in [1.165, 1.54) is 24.3 Å². The maximum Gasteiger partial charge on any atom is 0.573 e. The molecule has 3 aromatic rings. The molecule has 0 amide bonds. The van der Waals surface area contributed by atoms with E-state index in [0.29, 0.717) is 21.8 Å². The first-order valence-corrected chi connectivity index (χ1v) is 8.19. The van der Waals surface area contributed by atoms with Crippen LogP contribution in [0.2, 0.25) is 5.02 Å². The van der Waals surface area contributed by atoms with Gasteiger partial charge in [-0.25, -0.2) is 0 Å². The van der Waals surface area contributed by atoms with Crippen LogP contribution in [0, 0.1) is 0 Å². The number of hydrogen-bond acceptors (Lipinski definition) is 3. The summed E-state index contributed by atoms with van der Waals surface area (Å²) in [5.74, 6) is -0.273. The zero-order valence-electron chi connectivity index (χ0n) is 12.9. The summed E-state index contributed by atoms with van der Waals surface area (Å²) < 4.78 is 42.7. The number of hydrogen-bond donors (Lipinski definition) is 0. The number of alkyl halides is 3. The van der Waals surface area contributed by atoms with Crippen molar-refractivity contribution in [2.45, 2.75) is 31.7 Å². The van der Waals surface area contributed by atoms with E-state index in [1.807, 2.05) is 4.68 Å². The van der Waals surface area contributed by atoms with Crippen LogP contribution in [0.15, 0.2) is 36.5 Å². The topological polar surface area (TPSA) is 39.9 Å². The minimum Gasteiger partial charge on any atom is -0.406 e. The summed E-state index contributed by atoms with van der Waals surface area (Å²) in [6.07, 6.45) is 0.0828. The van der Waals surface area contributed by atoms with Crippen molar-refractivity contribution in [2.75, 3.05) is 0 Å². The van der Waals surface area contributed by atoms with Gasteiger partial charge in [-0.05, 0) is 49.6 Å².